The molecule has 1 aromatic carbocycles. The van der Waals surface area contributed by atoms with Gasteiger partial charge in [0.2, 0.25) is 0 Å². The van der Waals surface area contributed by atoms with Crippen LogP contribution in [0.2, 0.25) is 0 Å². The van der Waals surface area contributed by atoms with E-state index in [9.17, 15) is 9.90 Å². The molecular formula is C20H30N2O3. The molecule has 1 atom stereocenters. The van der Waals surface area contributed by atoms with Crippen molar-refractivity contribution in [3.8, 4) is 0 Å². The van der Waals surface area contributed by atoms with Gasteiger partial charge in [-0.25, -0.2) is 0 Å². The Balaban J connectivity index is 1.50. The molecule has 0 spiro atoms. The van der Waals surface area contributed by atoms with Crippen LogP contribution in [-0.2, 0) is 6.54 Å². The van der Waals surface area contributed by atoms with E-state index in [0.717, 1.165) is 45.3 Å². The second-order valence-corrected chi connectivity index (χ2v) is 7.53. The molecule has 5 heteroatoms. The number of hydrogen-bond acceptors (Lipinski definition) is 4. The second-order valence-electron chi connectivity index (χ2n) is 7.53. The SMILES string of the molecule is O=C(NC(CCO)C1CC1)c1ccc(CN2CCC(CO)CC2)cc1. The van der Waals surface area contributed by atoms with Gasteiger partial charge in [0.15, 0.2) is 0 Å². The van der Waals surface area contributed by atoms with Crippen LogP contribution in [0.15, 0.2) is 24.3 Å². The van der Waals surface area contributed by atoms with E-state index < -0.39 is 0 Å². The van der Waals surface area contributed by atoms with Crippen molar-refractivity contribution in [3.05, 3.63) is 35.4 Å². The lowest BCUT2D eigenvalue weighted by atomic mass is 9.97. The molecule has 138 valence electrons. The normalized spacial score (nSPS) is 20.4. The Bertz CT molecular complexity index is 549. The number of benzene rings is 1. The molecular weight excluding hydrogens is 316 g/mol. The molecule has 3 rings (SSSR count). The molecule has 5 nitrogen and oxygen atoms in total. The largest absolute Gasteiger partial charge is 0.396 e. The Morgan fingerprint density at radius 2 is 1.80 bits per heavy atom. The Hall–Kier alpha value is -1.43. The lowest BCUT2D eigenvalue weighted by Crippen LogP contribution is -2.37. The number of amides is 1. The molecule has 1 saturated heterocycles. The van der Waals surface area contributed by atoms with Crippen molar-refractivity contribution in [1.29, 1.82) is 0 Å². The molecule has 1 aliphatic heterocycles. The zero-order valence-electron chi connectivity index (χ0n) is 14.9. The average molecular weight is 346 g/mol. The van der Waals surface area contributed by atoms with E-state index in [2.05, 4.69) is 10.2 Å². The number of nitrogens with one attached hydrogen (secondary N) is 1. The molecule has 25 heavy (non-hydrogen) atoms. The van der Waals surface area contributed by atoms with Crippen LogP contribution in [0, 0.1) is 11.8 Å². The highest BCUT2D eigenvalue weighted by Gasteiger charge is 2.31. The van der Waals surface area contributed by atoms with Crippen molar-refractivity contribution < 1.29 is 15.0 Å². The van der Waals surface area contributed by atoms with E-state index in [1.807, 2.05) is 24.3 Å². The predicted octanol–water partition coefficient (Wildman–Crippen LogP) is 1.78. The number of hydrogen-bond donors (Lipinski definition) is 3. The monoisotopic (exact) mass is 346 g/mol. The Morgan fingerprint density at radius 3 is 2.36 bits per heavy atom. The summed E-state index contributed by atoms with van der Waals surface area (Å²) < 4.78 is 0. The van der Waals surface area contributed by atoms with Gasteiger partial charge in [-0.3, -0.25) is 9.69 Å². The number of nitrogens with zero attached hydrogens (tertiary/aromatic N) is 1. The molecule has 1 saturated carbocycles. The first-order valence-electron chi connectivity index (χ1n) is 9.53. The molecule has 0 aromatic heterocycles. The van der Waals surface area contributed by atoms with E-state index in [1.54, 1.807) is 0 Å². The maximum atomic E-state index is 12.4. The molecule has 1 amide bonds. The molecule has 1 aliphatic carbocycles. The molecule has 1 aromatic rings. The van der Waals surface area contributed by atoms with E-state index in [-0.39, 0.29) is 18.6 Å². The number of carbonyl (C=O) groups is 1. The summed E-state index contributed by atoms with van der Waals surface area (Å²) in [6.07, 6.45) is 5.06. The van der Waals surface area contributed by atoms with Crippen molar-refractivity contribution in [3.63, 3.8) is 0 Å². The van der Waals surface area contributed by atoms with Crippen LogP contribution in [0.4, 0.5) is 0 Å². The molecule has 3 N–H and O–H groups in total. The summed E-state index contributed by atoms with van der Waals surface area (Å²) in [6, 6.07) is 7.96. The van der Waals surface area contributed by atoms with Gasteiger partial charge >= 0.3 is 0 Å². The maximum Gasteiger partial charge on any atom is 0.251 e. The lowest BCUT2D eigenvalue weighted by Gasteiger charge is -2.31. The summed E-state index contributed by atoms with van der Waals surface area (Å²) in [4.78, 5) is 14.8. The van der Waals surface area contributed by atoms with Crippen LogP contribution in [-0.4, -0.2) is 53.4 Å². The molecule has 0 bridgehead atoms. The van der Waals surface area contributed by atoms with E-state index in [4.69, 9.17) is 5.11 Å². The highest BCUT2D eigenvalue weighted by molar-refractivity contribution is 5.94. The van der Waals surface area contributed by atoms with E-state index in [1.165, 1.54) is 5.56 Å². The van der Waals surface area contributed by atoms with Gasteiger partial charge < -0.3 is 15.5 Å². The Labute approximate surface area is 150 Å². The van der Waals surface area contributed by atoms with Gasteiger partial charge in [-0.1, -0.05) is 12.1 Å². The summed E-state index contributed by atoms with van der Waals surface area (Å²) in [6.45, 7) is 3.37. The van der Waals surface area contributed by atoms with Gasteiger partial charge in [-0.15, -0.1) is 0 Å². The van der Waals surface area contributed by atoms with Crippen LogP contribution in [0.5, 0.6) is 0 Å². The molecule has 2 fully saturated rings. The van der Waals surface area contributed by atoms with Crippen LogP contribution < -0.4 is 5.32 Å². The minimum absolute atomic E-state index is 0.0411. The molecule has 2 aliphatic rings. The third-order valence-electron chi connectivity index (χ3n) is 5.54. The van der Waals surface area contributed by atoms with E-state index in [0.29, 0.717) is 30.4 Å². The number of likely N-dealkylation sites (tertiary alicyclic amines) is 1. The maximum absolute atomic E-state index is 12.4. The molecule has 1 unspecified atom stereocenters. The van der Waals surface area contributed by atoms with Gasteiger partial charge in [-0.2, -0.15) is 0 Å². The van der Waals surface area contributed by atoms with Crippen molar-refractivity contribution >= 4 is 5.91 Å². The number of rotatable bonds is 8. The number of aliphatic hydroxyl groups is 2. The van der Waals surface area contributed by atoms with Gasteiger partial charge in [0.1, 0.15) is 0 Å². The van der Waals surface area contributed by atoms with Gasteiger partial charge in [0.25, 0.3) is 5.91 Å². The Kier molecular flexibility index (Phi) is 6.45. The minimum atomic E-state index is -0.0411. The second kappa shape index (κ2) is 8.79. The third-order valence-corrected chi connectivity index (χ3v) is 5.54. The lowest BCUT2D eigenvalue weighted by molar-refractivity contribution is 0.0924. The zero-order chi connectivity index (χ0) is 17.6. The first kappa shape index (κ1) is 18.4. The summed E-state index contributed by atoms with van der Waals surface area (Å²) in [5.41, 5.74) is 1.90. The first-order valence-corrected chi connectivity index (χ1v) is 9.53. The van der Waals surface area contributed by atoms with Crippen molar-refractivity contribution in [2.45, 2.75) is 44.7 Å². The fraction of sp³-hybridized carbons (Fsp3) is 0.650. The molecule has 0 radical (unpaired) electrons. The predicted molar refractivity (Wildman–Crippen MR) is 97.2 cm³/mol. The van der Waals surface area contributed by atoms with Crippen molar-refractivity contribution in [2.24, 2.45) is 11.8 Å². The summed E-state index contributed by atoms with van der Waals surface area (Å²) in [5, 5.41) is 21.4. The van der Waals surface area contributed by atoms with Gasteiger partial charge in [0, 0.05) is 31.4 Å². The van der Waals surface area contributed by atoms with Gasteiger partial charge in [0.05, 0.1) is 0 Å². The first-order chi connectivity index (χ1) is 12.2. The topological polar surface area (TPSA) is 72.8 Å². The highest BCUT2D eigenvalue weighted by atomic mass is 16.3. The summed E-state index contributed by atoms with van der Waals surface area (Å²) >= 11 is 0. The third kappa shape index (κ3) is 5.27. The van der Waals surface area contributed by atoms with Crippen LogP contribution in [0.25, 0.3) is 0 Å². The summed E-state index contributed by atoms with van der Waals surface area (Å²) in [5.74, 6) is 0.957. The standard InChI is InChI=1S/C20H30N2O3/c23-12-9-19(17-5-6-17)21-20(25)18-3-1-15(2-4-18)13-22-10-7-16(14-24)8-11-22/h1-4,16-17,19,23-24H,5-14H2,(H,21,25). The van der Waals surface area contributed by atoms with Crippen LogP contribution >= 0.6 is 0 Å². The zero-order valence-corrected chi connectivity index (χ0v) is 14.9. The van der Waals surface area contributed by atoms with Crippen LogP contribution in [0.3, 0.4) is 0 Å². The van der Waals surface area contributed by atoms with E-state index >= 15 is 0 Å². The Morgan fingerprint density at radius 1 is 1.12 bits per heavy atom. The molecule has 1 heterocycles. The van der Waals surface area contributed by atoms with Crippen LogP contribution in [0.1, 0.15) is 48.0 Å². The van der Waals surface area contributed by atoms with Crippen molar-refractivity contribution in [1.82, 2.24) is 10.2 Å². The highest BCUT2D eigenvalue weighted by Crippen LogP contribution is 2.34. The smallest absolute Gasteiger partial charge is 0.251 e. The minimum Gasteiger partial charge on any atom is -0.396 e. The number of piperidine rings is 1. The average Bonchev–Trinajstić information content (AvgIpc) is 3.48. The quantitative estimate of drug-likeness (QED) is 0.671. The fourth-order valence-electron chi connectivity index (χ4n) is 3.66. The summed E-state index contributed by atoms with van der Waals surface area (Å²) in [7, 11) is 0. The van der Waals surface area contributed by atoms with Gasteiger partial charge in [-0.05, 0) is 74.7 Å². The number of aliphatic hydroxyl groups excluding tert-OH is 2. The fourth-order valence-corrected chi connectivity index (χ4v) is 3.66. The van der Waals surface area contributed by atoms with Crippen molar-refractivity contribution in [2.75, 3.05) is 26.3 Å². The number of carbonyl (C=O) groups excluding carboxylic acids is 1.